The highest BCUT2D eigenvalue weighted by Crippen LogP contribution is 2.32. The van der Waals surface area contributed by atoms with Crippen LogP contribution in [0.15, 0.2) is 12.1 Å². The summed E-state index contributed by atoms with van der Waals surface area (Å²) in [5.41, 5.74) is 8.87. The van der Waals surface area contributed by atoms with Crippen LogP contribution in [0, 0.1) is 0 Å². The molecule has 0 fully saturated rings. The Morgan fingerprint density at radius 3 is 2.42 bits per heavy atom. The van der Waals surface area contributed by atoms with Gasteiger partial charge in [-0.05, 0) is 48.9 Å². The number of nitrogen functional groups attached to an aromatic ring is 1. The fourth-order valence-electron chi connectivity index (χ4n) is 1.88. The zero-order valence-electron chi connectivity index (χ0n) is 7.01. The maximum absolute atomic E-state index is 9.53. The number of hydrogen-bond donors (Lipinski definition) is 2. The smallest absolute Gasteiger partial charge is 0.119 e. The summed E-state index contributed by atoms with van der Waals surface area (Å²) in [6.45, 7) is 0. The van der Waals surface area contributed by atoms with Crippen molar-refractivity contribution in [2.75, 3.05) is 5.73 Å². The highest BCUT2D eigenvalue weighted by molar-refractivity contribution is 5.56. The first-order valence-corrected chi connectivity index (χ1v) is 4.38. The lowest BCUT2D eigenvalue weighted by Gasteiger charge is -2.18. The van der Waals surface area contributed by atoms with Crippen molar-refractivity contribution in [2.45, 2.75) is 25.7 Å². The van der Waals surface area contributed by atoms with Crippen molar-refractivity contribution < 1.29 is 5.11 Å². The molecule has 0 heterocycles. The van der Waals surface area contributed by atoms with E-state index in [2.05, 4.69) is 0 Å². The minimum absolute atomic E-state index is 0.416. The molecular formula is C10H13NO. The van der Waals surface area contributed by atoms with Gasteiger partial charge in [0, 0.05) is 5.69 Å². The van der Waals surface area contributed by atoms with Gasteiger partial charge in [-0.25, -0.2) is 0 Å². The molecule has 0 saturated carbocycles. The van der Waals surface area contributed by atoms with Gasteiger partial charge in [0.2, 0.25) is 0 Å². The van der Waals surface area contributed by atoms with Crippen LogP contribution in [-0.2, 0) is 12.8 Å². The number of fused-ring (bicyclic) bond motifs is 1. The van der Waals surface area contributed by atoms with E-state index in [-0.39, 0.29) is 0 Å². The van der Waals surface area contributed by atoms with Crippen molar-refractivity contribution in [3.05, 3.63) is 23.3 Å². The number of rotatable bonds is 0. The number of benzene rings is 1. The van der Waals surface area contributed by atoms with Gasteiger partial charge in [-0.15, -0.1) is 0 Å². The minimum Gasteiger partial charge on any atom is -0.508 e. The first kappa shape index (κ1) is 7.47. The van der Waals surface area contributed by atoms with Crippen LogP contribution in [0.25, 0.3) is 0 Å². The molecule has 64 valence electrons. The van der Waals surface area contributed by atoms with E-state index in [0.29, 0.717) is 5.75 Å². The first-order valence-electron chi connectivity index (χ1n) is 4.38. The van der Waals surface area contributed by atoms with Crippen molar-refractivity contribution >= 4 is 5.69 Å². The maximum Gasteiger partial charge on any atom is 0.119 e. The van der Waals surface area contributed by atoms with Crippen molar-refractivity contribution in [1.29, 1.82) is 0 Å². The van der Waals surface area contributed by atoms with Gasteiger partial charge in [-0.2, -0.15) is 0 Å². The Morgan fingerprint density at radius 1 is 1.08 bits per heavy atom. The second-order valence-electron chi connectivity index (χ2n) is 3.34. The zero-order valence-corrected chi connectivity index (χ0v) is 7.01. The number of anilines is 1. The van der Waals surface area contributed by atoms with Gasteiger partial charge in [0.05, 0.1) is 0 Å². The van der Waals surface area contributed by atoms with E-state index in [1.165, 1.54) is 18.4 Å². The summed E-state index contributed by atoms with van der Waals surface area (Å²) in [6, 6.07) is 3.49. The molecule has 1 aromatic carbocycles. The number of nitrogens with two attached hydrogens (primary N) is 1. The molecule has 2 rings (SSSR count). The van der Waals surface area contributed by atoms with Crippen LogP contribution in [0.2, 0.25) is 0 Å². The van der Waals surface area contributed by atoms with Crippen LogP contribution < -0.4 is 5.73 Å². The topological polar surface area (TPSA) is 46.2 Å². The van der Waals surface area contributed by atoms with Crippen molar-refractivity contribution in [3.63, 3.8) is 0 Å². The van der Waals surface area contributed by atoms with Crippen LogP contribution in [0.5, 0.6) is 5.75 Å². The lowest BCUT2D eigenvalue weighted by Crippen LogP contribution is -2.06. The van der Waals surface area contributed by atoms with Crippen LogP contribution in [0.3, 0.4) is 0 Å². The normalized spacial score (nSPS) is 15.7. The average Bonchev–Trinajstić information content (AvgIpc) is 2.12. The second-order valence-corrected chi connectivity index (χ2v) is 3.34. The zero-order chi connectivity index (χ0) is 8.55. The molecule has 1 aliphatic rings. The molecule has 12 heavy (non-hydrogen) atoms. The van der Waals surface area contributed by atoms with E-state index in [0.717, 1.165) is 24.1 Å². The molecule has 0 aromatic heterocycles. The Bertz CT molecular complexity index is 276. The fraction of sp³-hybridized carbons (Fsp3) is 0.400. The molecule has 0 unspecified atom stereocenters. The number of aromatic hydroxyl groups is 1. The van der Waals surface area contributed by atoms with E-state index in [1.54, 1.807) is 12.1 Å². The summed E-state index contributed by atoms with van der Waals surface area (Å²) in [6.07, 6.45) is 4.37. The first-order chi connectivity index (χ1) is 5.79. The lowest BCUT2D eigenvalue weighted by atomic mass is 9.90. The summed E-state index contributed by atoms with van der Waals surface area (Å²) in [5.74, 6) is 0.416. The standard InChI is InChI=1S/C10H13NO/c11-9-5-6-10(12)8-4-2-1-3-7(8)9/h5-6,12H,1-4,11H2. The highest BCUT2D eigenvalue weighted by Gasteiger charge is 2.14. The molecule has 1 aliphatic carbocycles. The maximum atomic E-state index is 9.53. The quantitative estimate of drug-likeness (QED) is 0.453. The Morgan fingerprint density at radius 2 is 1.75 bits per heavy atom. The van der Waals surface area contributed by atoms with Crippen LogP contribution in [0.1, 0.15) is 24.0 Å². The van der Waals surface area contributed by atoms with Crippen molar-refractivity contribution in [2.24, 2.45) is 0 Å². The average molecular weight is 163 g/mol. The molecule has 0 bridgehead atoms. The summed E-state index contributed by atoms with van der Waals surface area (Å²) in [7, 11) is 0. The van der Waals surface area contributed by atoms with Crippen molar-refractivity contribution in [1.82, 2.24) is 0 Å². The molecule has 0 amide bonds. The van der Waals surface area contributed by atoms with E-state index < -0.39 is 0 Å². The predicted molar refractivity (Wildman–Crippen MR) is 49.2 cm³/mol. The SMILES string of the molecule is Nc1ccc(O)c2c1CCCC2. The molecule has 2 heteroatoms. The number of phenols is 1. The lowest BCUT2D eigenvalue weighted by molar-refractivity contribution is 0.462. The molecule has 2 nitrogen and oxygen atoms in total. The fourth-order valence-corrected chi connectivity index (χ4v) is 1.88. The van der Waals surface area contributed by atoms with Crippen LogP contribution in [0.4, 0.5) is 5.69 Å². The van der Waals surface area contributed by atoms with Crippen LogP contribution in [-0.4, -0.2) is 5.11 Å². The van der Waals surface area contributed by atoms with Crippen LogP contribution >= 0.6 is 0 Å². The Labute approximate surface area is 72.0 Å². The molecule has 1 aromatic rings. The molecule has 0 atom stereocenters. The monoisotopic (exact) mass is 163 g/mol. The van der Waals surface area contributed by atoms with Gasteiger partial charge >= 0.3 is 0 Å². The highest BCUT2D eigenvalue weighted by atomic mass is 16.3. The molecular weight excluding hydrogens is 150 g/mol. The van der Waals surface area contributed by atoms with Gasteiger partial charge < -0.3 is 10.8 Å². The van der Waals surface area contributed by atoms with E-state index in [4.69, 9.17) is 5.73 Å². The van der Waals surface area contributed by atoms with E-state index in [9.17, 15) is 5.11 Å². The third kappa shape index (κ3) is 1.04. The minimum atomic E-state index is 0.416. The molecule has 3 N–H and O–H groups in total. The third-order valence-electron chi connectivity index (χ3n) is 2.55. The van der Waals surface area contributed by atoms with E-state index in [1.807, 2.05) is 0 Å². The molecule has 0 aliphatic heterocycles. The molecule has 0 saturated heterocycles. The summed E-state index contributed by atoms with van der Waals surface area (Å²) < 4.78 is 0. The summed E-state index contributed by atoms with van der Waals surface area (Å²) in [5, 5.41) is 9.53. The molecule has 0 radical (unpaired) electrons. The van der Waals surface area contributed by atoms with Gasteiger partial charge in [0.15, 0.2) is 0 Å². The Kier molecular flexibility index (Phi) is 1.68. The van der Waals surface area contributed by atoms with Gasteiger partial charge in [0.1, 0.15) is 5.75 Å². The number of hydrogen-bond acceptors (Lipinski definition) is 2. The predicted octanol–water partition coefficient (Wildman–Crippen LogP) is 1.85. The van der Waals surface area contributed by atoms with Crippen molar-refractivity contribution in [3.8, 4) is 5.75 Å². The van der Waals surface area contributed by atoms with Gasteiger partial charge in [-0.1, -0.05) is 0 Å². The second kappa shape index (κ2) is 2.70. The summed E-state index contributed by atoms with van der Waals surface area (Å²) >= 11 is 0. The van der Waals surface area contributed by atoms with E-state index >= 15 is 0 Å². The Hall–Kier alpha value is -1.18. The largest absolute Gasteiger partial charge is 0.508 e. The van der Waals surface area contributed by atoms with Gasteiger partial charge in [0.25, 0.3) is 0 Å². The third-order valence-corrected chi connectivity index (χ3v) is 2.55. The molecule has 0 spiro atoms. The Balaban J connectivity index is 2.57. The number of phenolic OH excluding ortho intramolecular Hbond substituents is 1. The summed E-state index contributed by atoms with van der Waals surface area (Å²) in [4.78, 5) is 0. The van der Waals surface area contributed by atoms with Gasteiger partial charge in [-0.3, -0.25) is 0 Å².